The van der Waals surface area contributed by atoms with Crippen molar-refractivity contribution in [2.24, 2.45) is 5.10 Å². The molecule has 2 aromatic carbocycles. The fraction of sp³-hybridized carbons (Fsp3) is 0.100. The molecular formula is C20H16N2O6. The summed E-state index contributed by atoms with van der Waals surface area (Å²) >= 11 is 0. The maximum atomic E-state index is 12.8. The molecule has 8 heteroatoms. The second-order valence-electron chi connectivity index (χ2n) is 5.93. The Balaban J connectivity index is 1.89. The van der Waals surface area contributed by atoms with Crippen LogP contribution >= 0.6 is 0 Å². The number of ether oxygens (including phenoxy) is 1. The van der Waals surface area contributed by atoms with Gasteiger partial charge < -0.3 is 14.9 Å². The predicted molar refractivity (Wildman–Crippen MR) is 102 cm³/mol. The van der Waals surface area contributed by atoms with Crippen LogP contribution in [0.2, 0.25) is 0 Å². The molecule has 0 unspecified atom stereocenters. The maximum absolute atomic E-state index is 12.8. The molecule has 1 amide bonds. The van der Waals surface area contributed by atoms with E-state index in [1.807, 2.05) is 0 Å². The van der Waals surface area contributed by atoms with Crippen LogP contribution in [0, 0.1) is 0 Å². The minimum Gasteiger partial charge on any atom is -0.481 e. The van der Waals surface area contributed by atoms with Crippen LogP contribution in [0.5, 0.6) is 5.75 Å². The van der Waals surface area contributed by atoms with E-state index in [1.165, 1.54) is 29.3 Å². The average Bonchev–Trinajstić information content (AvgIpc) is 2.95. The molecule has 142 valence electrons. The quantitative estimate of drug-likeness (QED) is 0.744. The molecule has 0 atom stereocenters. The number of nitrogens with zero attached hydrogens (tertiary/aromatic N) is 2. The number of hydrazone groups is 1. The van der Waals surface area contributed by atoms with Gasteiger partial charge in [0.05, 0.1) is 22.5 Å². The van der Waals surface area contributed by atoms with E-state index < -0.39 is 18.5 Å². The molecule has 8 nitrogen and oxygen atoms in total. The first-order valence-electron chi connectivity index (χ1n) is 8.25. The Morgan fingerprint density at radius 1 is 1.11 bits per heavy atom. The average molecular weight is 380 g/mol. The molecule has 0 radical (unpaired) electrons. The Morgan fingerprint density at radius 2 is 1.79 bits per heavy atom. The number of rotatable bonds is 6. The molecule has 0 aromatic heterocycles. The predicted octanol–water partition coefficient (Wildman–Crippen LogP) is 2.65. The third-order valence-corrected chi connectivity index (χ3v) is 3.99. The Hall–Kier alpha value is -3.94. The van der Waals surface area contributed by atoms with Gasteiger partial charge in [0.2, 0.25) is 0 Å². The first kappa shape index (κ1) is 18.8. The summed E-state index contributed by atoms with van der Waals surface area (Å²) in [5, 5.41) is 23.2. The van der Waals surface area contributed by atoms with Crippen LogP contribution in [0.3, 0.4) is 0 Å². The molecule has 2 N–H and O–H groups in total. The van der Waals surface area contributed by atoms with E-state index in [0.29, 0.717) is 28.3 Å². The number of carbonyl (C=O) groups is 3. The molecule has 0 saturated heterocycles. The molecule has 0 bridgehead atoms. The minimum atomic E-state index is -1.10. The van der Waals surface area contributed by atoms with E-state index in [0.717, 1.165) is 0 Å². The van der Waals surface area contributed by atoms with Gasteiger partial charge in [-0.2, -0.15) is 10.1 Å². The van der Waals surface area contributed by atoms with Crippen molar-refractivity contribution >= 4 is 35.3 Å². The third-order valence-electron chi connectivity index (χ3n) is 3.99. The monoisotopic (exact) mass is 380 g/mol. The van der Waals surface area contributed by atoms with Crippen molar-refractivity contribution in [1.82, 2.24) is 0 Å². The highest BCUT2D eigenvalue weighted by molar-refractivity contribution is 6.32. The molecule has 0 fully saturated rings. The number of anilines is 1. The van der Waals surface area contributed by atoms with Crippen LogP contribution in [0.4, 0.5) is 5.69 Å². The lowest BCUT2D eigenvalue weighted by molar-refractivity contribution is -0.139. The largest absolute Gasteiger partial charge is 0.481 e. The number of carbonyl (C=O) groups excluding carboxylic acids is 1. The minimum absolute atomic E-state index is 0.108. The number of aromatic carboxylic acids is 1. The van der Waals surface area contributed by atoms with E-state index in [2.05, 4.69) is 5.10 Å². The van der Waals surface area contributed by atoms with Crippen molar-refractivity contribution in [1.29, 1.82) is 0 Å². The highest BCUT2D eigenvalue weighted by Crippen LogP contribution is 2.28. The zero-order valence-electron chi connectivity index (χ0n) is 14.8. The molecule has 0 saturated carbocycles. The Morgan fingerprint density at radius 3 is 2.43 bits per heavy atom. The summed E-state index contributed by atoms with van der Waals surface area (Å²) in [5.74, 6) is -2.21. The highest BCUT2D eigenvalue weighted by atomic mass is 16.5. The van der Waals surface area contributed by atoms with Crippen molar-refractivity contribution in [3.8, 4) is 5.75 Å². The van der Waals surface area contributed by atoms with Gasteiger partial charge in [0, 0.05) is 5.56 Å². The molecule has 0 aliphatic carbocycles. The lowest BCUT2D eigenvalue weighted by Gasteiger charge is -2.12. The molecule has 28 heavy (non-hydrogen) atoms. The highest BCUT2D eigenvalue weighted by Gasteiger charge is 2.29. The summed E-state index contributed by atoms with van der Waals surface area (Å²) in [7, 11) is 0. The molecule has 0 spiro atoms. The smallest absolute Gasteiger partial charge is 0.341 e. The number of hydrogen-bond donors (Lipinski definition) is 2. The van der Waals surface area contributed by atoms with Gasteiger partial charge in [-0.15, -0.1) is 0 Å². The first-order chi connectivity index (χ1) is 13.4. The zero-order chi connectivity index (χ0) is 20.3. The summed E-state index contributed by atoms with van der Waals surface area (Å²) < 4.78 is 5.26. The van der Waals surface area contributed by atoms with E-state index >= 15 is 0 Å². The van der Waals surface area contributed by atoms with Crippen LogP contribution in [0.15, 0.2) is 59.2 Å². The first-order valence-corrected chi connectivity index (χ1v) is 8.25. The van der Waals surface area contributed by atoms with Gasteiger partial charge in [0.1, 0.15) is 5.75 Å². The number of amides is 1. The van der Waals surface area contributed by atoms with Gasteiger partial charge >= 0.3 is 11.9 Å². The van der Waals surface area contributed by atoms with Crippen molar-refractivity contribution < 1.29 is 29.3 Å². The van der Waals surface area contributed by atoms with E-state index in [9.17, 15) is 14.4 Å². The number of aliphatic carboxylic acids is 1. The van der Waals surface area contributed by atoms with Crippen LogP contribution in [-0.4, -0.2) is 40.4 Å². The van der Waals surface area contributed by atoms with E-state index in [1.54, 1.807) is 37.3 Å². The number of para-hydroxylation sites is 1. The van der Waals surface area contributed by atoms with E-state index in [-0.39, 0.29) is 11.5 Å². The van der Waals surface area contributed by atoms with Crippen LogP contribution < -0.4 is 9.75 Å². The number of carboxylic acid groups (broad SMARTS) is 2. The SMILES string of the molecule is CC1=NN(c2ccc(C(=O)O)cc2)C(=O)/C1=C/c1ccccc1OCC(=O)O. The van der Waals surface area contributed by atoms with Crippen LogP contribution in [0.1, 0.15) is 22.8 Å². The molecule has 1 heterocycles. The van der Waals surface area contributed by atoms with Crippen LogP contribution in [-0.2, 0) is 9.59 Å². The molecule has 1 aliphatic rings. The topological polar surface area (TPSA) is 117 Å². The van der Waals surface area contributed by atoms with Crippen molar-refractivity contribution in [3.63, 3.8) is 0 Å². The summed E-state index contributed by atoms with van der Waals surface area (Å²) in [6.07, 6.45) is 1.59. The standard InChI is InChI=1S/C20H16N2O6/c1-12-16(10-14-4-2-3-5-17(14)28-11-18(23)24)19(25)22(21-12)15-8-6-13(7-9-15)20(26)27/h2-10H,11H2,1H3,(H,23,24)(H,26,27)/b16-10+. The summed E-state index contributed by atoms with van der Waals surface area (Å²) in [4.78, 5) is 34.5. The molecular weight excluding hydrogens is 364 g/mol. The van der Waals surface area contributed by atoms with Crippen LogP contribution in [0.25, 0.3) is 6.08 Å². The Bertz CT molecular complexity index is 1010. The van der Waals surface area contributed by atoms with Gasteiger partial charge in [0.15, 0.2) is 6.61 Å². The van der Waals surface area contributed by atoms with Crippen molar-refractivity contribution in [2.45, 2.75) is 6.92 Å². The molecule has 1 aliphatic heterocycles. The number of carboxylic acids is 2. The lowest BCUT2D eigenvalue weighted by Crippen LogP contribution is -2.21. The normalized spacial score (nSPS) is 14.9. The van der Waals surface area contributed by atoms with Gasteiger partial charge in [-0.05, 0) is 43.3 Å². The summed E-state index contributed by atoms with van der Waals surface area (Å²) in [6, 6.07) is 12.6. The fourth-order valence-corrected chi connectivity index (χ4v) is 2.63. The summed E-state index contributed by atoms with van der Waals surface area (Å²) in [5.41, 5.74) is 1.89. The fourth-order valence-electron chi connectivity index (χ4n) is 2.63. The zero-order valence-corrected chi connectivity index (χ0v) is 14.8. The summed E-state index contributed by atoms with van der Waals surface area (Å²) in [6.45, 7) is 1.18. The second kappa shape index (κ2) is 7.75. The van der Waals surface area contributed by atoms with E-state index in [4.69, 9.17) is 14.9 Å². The van der Waals surface area contributed by atoms with Crippen molar-refractivity contribution in [3.05, 3.63) is 65.2 Å². The number of benzene rings is 2. The number of hydrogen-bond acceptors (Lipinski definition) is 5. The maximum Gasteiger partial charge on any atom is 0.341 e. The molecule has 3 rings (SSSR count). The van der Waals surface area contributed by atoms with Gasteiger partial charge in [0.25, 0.3) is 5.91 Å². The van der Waals surface area contributed by atoms with Gasteiger partial charge in [-0.1, -0.05) is 18.2 Å². The van der Waals surface area contributed by atoms with Gasteiger partial charge in [-0.3, -0.25) is 4.79 Å². The van der Waals surface area contributed by atoms with Crippen molar-refractivity contribution in [2.75, 3.05) is 11.6 Å². The third kappa shape index (κ3) is 3.90. The molecule has 2 aromatic rings. The lowest BCUT2D eigenvalue weighted by atomic mass is 10.1. The second-order valence-corrected chi connectivity index (χ2v) is 5.93. The Labute approximate surface area is 160 Å². The van der Waals surface area contributed by atoms with Gasteiger partial charge in [-0.25, -0.2) is 9.59 Å². The Kier molecular flexibility index (Phi) is 5.21.